The van der Waals surface area contributed by atoms with E-state index in [1.165, 1.54) is 32.4 Å². The molecule has 0 unspecified atom stereocenters. The second kappa shape index (κ2) is 6.45. The first-order chi connectivity index (χ1) is 10.6. The molecule has 0 saturated carbocycles. The van der Waals surface area contributed by atoms with E-state index < -0.39 is 4.92 Å². The number of anilines is 2. The van der Waals surface area contributed by atoms with Gasteiger partial charge < -0.3 is 14.8 Å². The van der Waals surface area contributed by atoms with Crippen LogP contribution in [0.25, 0.3) is 0 Å². The maximum atomic E-state index is 11.1. The van der Waals surface area contributed by atoms with Crippen LogP contribution in [0.3, 0.4) is 0 Å². The van der Waals surface area contributed by atoms with Gasteiger partial charge in [-0.05, 0) is 24.3 Å². The number of benzene rings is 2. The Hall–Kier alpha value is -3.27. The van der Waals surface area contributed by atoms with Gasteiger partial charge in [0.1, 0.15) is 5.69 Å². The lowest BCUT2D eigenvalue weighted by molar-refractivity contribution is -0.383. The summed E-state index contributed by atoms with van der Waals surface area (Å²) in [7, 11) is 3.03. The molecule has 0 aliphatic heterocycles. The first kappa shape index (κ1) is 15.1. The molecule has 0 aromatic heterocycles. The van der Waals surface area contributed by atoms with Crippen LogP contribution in [0.2, 0.25) is 0 Å². The largest absolute Gasteiger partial charge is 0.493 e. The quantitative estimate of drug-likeness (QED) is 0.672. The van der Waals surface area contributed by atoms with Crippen LogP contribution < -0.4 is 14.8 Å². The molecule has 0 heterocycles. The fraction of sp³-hybridized carbons (Fsp3) is 0.133. The number of methoxy groups -OCH3 is 2. The Morgan fingerprint density at radius 2 is 1.86 bits per heavy atom. The Labute approximate surface area is 126 Å². The standard InChI is InChI=1S/C15H13N3O4/c1-21-14-6-4-11(8-15(14)22-2)17-12-5-3-10(9-16)7-13(12)18(19)20/h3-8,17H,1-2H3. The van der Waals surface area contributed by atoms with Crippen LogP contribution >= 0.6 is 0 Å². The number of ether oxygens (including phenoxy) is 2. The van der Waals surface area contributed by atoms with E-state index in [1.807, 2.05) is 6.07 Å². The van der Waals surface area contributed by atoms with Crippen molar-refractivity contribution >= 4 is 17.1 Å². The van der Waals surface area contributed by atoms with Crippen LogP contribution in [0, 0.1) is 21.4 Å². The molecule has 2 rings (SSSR count). The maximum Gasteiger partial charge on any atom is 0.293 e. The molecule has 0 aliphatic rings. The van der Waals surface area contributed by atoms with E-state index in [2.05, 4.69) is 5.32 Å². The molecule has 7 heteroatoms. The van der Waals surface area contributed by atoms with E-state index in [0.29, 0.717) is 17.2 Å². The number of nitrogens with zero attached hydrogens (tertiary/aromatic N) is 2. The molecule has 0 atom stereocenters. The third kappa shape index (κ3) is 3.07. The zero-order valence-electron chi connectivity index (χ0n) is 12.0. The third-order valence-corrected chi connectivity index (χ3v) is 2.99. The van der Waals surface area contributed by atoms with Crippen LogP contribution in [0.1, 0.15) is 5.56 Å². The second-order valence-electron chi connectivity index (χ2n) is 4.30. The number of nitriles is 1. The van der Waals surface area contributed by atoms with Gasteiger partial charge >= 0.3 is 0 Å². The molecule has 0 saturated heterocycles. The summed E-state index contributed by atoms with van der Waals surface area (Å²) in [4.78, 5) is 10.6. The summed E-state index contributed by atoms with van der Waals surface area (Å²) in [6.45, 7) is 0. The van der Waals surface area contributed by atoms with Crippen LogP contribution in [0.4, 0.5) is 17.1 Å². The van der Waals surface area contributed by atoms with Gasteiger partial charge in [-0.15, -0.1) is 0 Å². The molecule has 2 aromatic carbocycles. The monoisotopic (exact) mass is 299 g/mol. The van der Waals surface area contributed by atoms with E-state index in [4.69, 9.17) is 14.7 Å². The van der Waals surface area contributed by atoms with Crippen molar-refractivity contribution < 1.29 is 14.4 Å². The molecule has 7 nitrogen and oxygen atoms in total. The summed E-state index contributed by atoms with van der Waals surface area (Å²) in [5.41, 5.74) is 0.945. The van der Waals surface area contributed by atoms with Crippen LogP contribution in [-0.2, 0) is 0 Å². The number of nitro groups is 1. The highest BCUT2D eigenvalue weighted by molar-refractivity contribution is 5.72. The van der Waals surface area contributed by atoms with Gasteiger partial charge in [0.25, 0.3) is 5.69 Å². The molecule has 0 amide bonds. The topological polar surface area (TPSA) is 97.4 Å². The fourth-order valence-corrected chi connectivity index (χ4v) is 1.93. The average molecular weight is 299 g/mol. The smallest absolute Gasteiger partial charge is 0.293 e. The Morgan fingerprint density at radius 1 is 1.14 bits per heavy atom. The first-order valence-corrected chi connectivity index (χ1v) is 6.26. The van der Waals surface area contributed by atoms with Crippen LogP contribution in [-0.4, -0.2) is 19.1 Å². The molecule has 2 aromatic rings. The first-order valence-electron chi connectivity index (χ1n) is 6.26. The van der Waals surface area contributed by atoms with E-state index in [1.54, 1.807) is 18.2 Å². The van der Waals surface area contributed by atoms with Crippen molar-refractivity contribution in [1.29, 1.82) is 5.26 Å². The van der Waals surface area contributed by atoms with Gasteiger partial charge in [-0.25, -0.2) is 0 Å². The summed E-state index contributed by atoms with van der Waals surface area (Å²) in [6, 6.07) is 11.2. The minimum atomic E-state index is -0.538. The summed E-state index contributed by atoms with van der Waals surface area (Å²) in [5, 5.41) is 22.9. The molecule has 22 heavy (non-hydrogen) atoms. The molecule has 0 fully saturated rings. The van der Waals surface area contributed by atoms with Crippen molar-refractivity contribution in [2.24, 2.45) is 0 Å². The van der Waals surface area contributed by atoms with Crippen LogP contribution in [0.5, 0.6) is 11.5 Å². The predicted octanol–water partition coefficient (Wildman–Crippen LogP) is 3.23. The highest BCUT2D eigenvalue weighted by atomic mass is 16.6. The van der Waals surface area contributed by atoms with E-state index >= 15 is 0 Å². The van der Waals surface area contributed by atoms with Crippen molar-refractivity contribution in [3.8, 4) is 17.6 Å². The molecule has 0 bridgehead atoms. The predicted molar refractivity (Wildman–Crippen MR) is 80.6 cm³/mol. The Morgan fingerprint density at radius 3 is 2.45 bits per heavy atom. The van der Waals surface area contributed by atoms with Gasteiger partial charge in [-0.1, -0.05) is 0 Å². The number of hydrogen-bond donors (Lipinski definition) is 1. The van der Waals surface area contributed by atoms with Crippen molar-refractivity contribution in [3.05, 3.63) is 52.1 Å². The number of rotatable bonds is 5. The van der Waals surface area contributed by atoms with E-state index in [0.717, 1.165) is 0 Å². The highest BCUT2D eigenvalue weighted by Gasteiger charge is 2.15. The molecule has 0 spiro atoms. The average Bonchev–Trinajstić information content (AvgIpc) is 2.54. The Balaban J connectivity index is 2.39. The van der Waals surface area contributed by atoms with Gasteiger partial charge in [0.2, 0.25) is 0 Å². The number of hydrogen-bond acceptors (Lipinski definition) is 6. The van der Waals surface area contributed by atoms with Gasteiger partial charge in [0, 0.05) is 17.8 Å². The zero-order valence-corrected chi connectivity index (χ0v) is 12.0. The van der Waals surface area contributed by atoms with Crippen molar-refractivity contribution in [3.63, 3.8) is 0 Å². The van der Waals surface area contributed by atoms with Gasteiger partial charge in [0.05, 0.1) is 30.8 Å². The minimum Gasteiger partial charge on any atom is -0.493 e. The molecule has 112 valence electrons. The summed E-state index contributed by atoms with van der Waals surface area (Å²) in [6.07, 6.45) is 0. The molecule has 0 radical (unpaired) electrons. The van der Waals surface area contributed by atoms with Gasteiger partial charge in [0.15, 0.2) is 11.5 Å². The lowest BCUT2D eigenvalue weighted by Crippen LogP contribution is -1.98. The summed E-state index contributed by atoms with van der Waals surface area (Å²) < 4.78 is 10.3. The highest BCUT2D eigenvalue weighted by Crippen LogP contribution is 2.33. The number of nitro benzene ring substituents is 1. The fourth-order valence-electron chi connectivity index (χ4n) is 1.93. The van der Waals surface area contributed by atoms with Crippen molar-refractivity contribution in [2.45, 2.75) is 0 Å². The summed E-state index contributed by atoms with van der Waals surface area (Å²) >= 11 is 0. The van der Waals surface area contributed by atoms with Crippen LogP contribution in [0.15, 0.2) is 36.4 Å². The number of nitrogens with one attached hydrogen (secondary N) is 1. The SMILES string of the molecule is COc1ccc(Nc2ccc(C#N)cc2[N+](=O)[O-])cc1OC. The molecular formula is C15H13N3O4. The van der Waals surface area contributed by atoms with Crippen molar-refractivity contribution in [1.82, 2.24) is 0 Å². The molecule has 0 aliphatic carbocycles. The molecular weight excluding hydrogens is 286 g/mol. The van der Waals surface area contributed by atoms with Gasteiger partial charge in [-0.2, -0.15) is 5.26 Å². The Bertz CT molecular complexity index is 753. The van der Waals surface area contributed by atoms with Crippen molar-refractivity contribution in [2.75, 3.05) is 19.5 Å². The summed E-state index contributed by atoms with van der Waals surface area (Å²) in [5.74, 6) is 1.06. The lowest BCUT2D eigenvalue weighted by atomic mass is 10.1. The maximum absolute atomic E-state index is 11.1. The second-order valence-corrected chi connectivity index (χ2v) is 4.30. The zero-order chi connectivity index (χ0) is 16.1. The third-order valence-electron chi connectivity index (χ3n) is 2.99. The van der Waals surface area contributed by atoms with E-state index in [9.17, 15) is 10.1 Å². The molecule has 1 N–H and O–H groups in total. The minimum absolute atomic E-state index is 0.172. The lowest BCUT2D eigenvalue weighted by Gasteiger charge is -2.11. The Kier molecular flexibility index (Phi) is 4.44. The van der Waals surface area contributed by atoms with E-state index in [-0.39, 0.29) is 16.9 Å². The van der Waals surface area contributed by atoms with Gasteiger partial charge in [-0.3, -0.25) is 10.1 Å². The normalized spacial score (nSPS) is 9.68.